The minimum Gasteiger partial charge on any atom is -0.461 e. The number of ether oxygens (including phenoxy) is 2. The molecule has 0 saturated carbocycles. The summed E-state index contributed by atoms with van der Waals surface area (Å²) in [5, 5.41) is 4.88. The van der Waals surface area contributed by atoms with Crippen LogP contribution in [0.1, 0.15) is 27.4 Å². The van der Waals surface area contributed by atoms with Gasteiger partial charge in [-0.15, -0.1) is 22.7 Å². The van der Waals surface area contributed by atoms with E-state index in [1.807, 2.05) is 60.7 Å². The number of aromatic nitrogens is 2. The number of benzene rings is 2. The van der Waals surface area contributed by atoms with Gasteiger partial charge in [0.1, 0.15) is 10.0 Å². The molecule has 2 heterocycles. The minimum absolute atomic E-state index is 0.136. The molecular weight excluding hydrogens is 432 g/mol. The zero-order chi connectivity index (χ0) is 21.5. The quantitative estimate of drug-likeness (QED) is 0.266. The first-order valence-electron chi connectivity index (χ1n) is 9.57. The largest absolute Gasteiger partial charge is 0.461 e. The number of nitrogens with zero attached hydrogens (tertiary/aromatic N) is 2. The van der Waals surface area contributed by atoms with E-state index in [2.05, 4.69) is 9.97 Å². The van der Waals surface area contributed by atoms with Crippen molar-refractivity contribution in [2.75, 3.05) is 13.2 Å². The van der Waals surface area contributed by atoms with Gasteiger partial charge in [-0.05, 0) is 0 Å². The van der Waals surface area contributed by atoms with Crippen molar-refractivity contribution in [2.45, 2.75) is 6.42 Å². The van der Waals surface area contributed by atoms with Gasteiger partial charge < -0.3 is 9.47 Å². The zero-order valence-corrected chi connectivity index (χ0v) is 18.0. The van der Waals surface area contributed by atoms with E-state index in [0.717, 1.165) is 21.1 Å². The van der Waals surface area contributed by atoms with Crippen molar-refractivity contribution in [3.63, 3.8) is 0 Å². The fraction of sp³-hybridized carbons (Fsp3) is 0.130. The number of esters is 2. The first-order chi connectivity index (χ1) is 15.2. The normalized spacial score (nSPS) is 10.6. The van der Waals surface area contributed by atoms with Gasteiger partial charge in [0.2, 0.25) is 0 Å². The Hall–Kier alpha value is -3.36. The van der Waals surface area contributed by atoms with Crippen LogP contribution in [0, 0.1) is 0 Å². The summed E-state index contributed by atoms with van der Waals surface area (Å²) in [5.41, 5.74) is 2.46. The molecule has 0 fully saturated rings. The monoisotopic (exact) mass is 450 g/mol. The maximum absolute atomic E-state index is 12.2. The van der Waals surface area contributed by atoms with Gasteiger partial charge in [0.25, 0.3) is 0 Å². The van der Waals surface area contributed by atoms with E-state index in [0.29, 0.717) is 6.42 Å². The summed E-state index contributed by atoms with van der Waals surface area (Å²) >= 11 is 2.78. The molecule has 2 aromatic carbocycles. The van der Waals surface area contributed by atoms with E-state index >= 15 is 0 Å². The average Bonchev–Trinajstić information content (AvgIpc) is 3.50. The molecule has 6 nitrogen and oxygen atoms in total. The van der Waals surface area contributed by atoms with E-state index in [1.165, 1.54) is 22.7 Å². The van der Waals surface area contributed by atoms with Gasteiger partial charge in [-0.2, -0.15) is 0 Å². The third-order valence-corrected chi connectivity index (χ3v) is 6.01. The van der Waals surface area contributed by atoms with Gasteiger partial charge in [0.15, 0.2) is 11.4 Å². The molecule has 0 radical (unpaired) electrons. The smallest absolute Gasteiger partial charge is 0.357 e. The third-order valence-electron chi connectivity index (χ3n) is 4.22. The summed E-state index contributed by atoms with van der Waals surface area (Å²) in [6.45, 7) is 0.271. The molecule has 8 heteroatoms. The second-order valence-electron chi connectivity index (χ2n) is 6.43. The van der Waals surface area contributed by atoms with E-state index in [9.17, 15) is 9.59 Å². The maximum atomic E-state index is 12.2. The lowest BCUT2D eigenvalue weighted by Crippen LogP contribution is -2.11. The fourth-order valence-electron chi connectivity index (χ4n) is 2.70. The lowest BCUT2D eigenvalue weighted by molar-refractivity contribution is 0.0390. The number of hydrogen-bond donors (Lipinski definition) is 0. The predicted molar refractivity (Wildman–Crippen MR) is 120 cm³/mol. The molecule has 0 spiro atoms. The summed E-state index contributed by atoms with van der Waals surface area (Å²) in [6, 6.07) is 19.3. The molecule has 4 rings (SSSR count). The van der Waals surface area contributed by atoms with Gasteiger partial charge in [-0.1, -0.05) is 60.7 Å². The fourth-order valence-corrected chi connectivity index (χ4v) is 4.29. The average molecular weight is 451 g/mol. The van der Waals surface area contributed by atoms with Crippen LogP contribution in [-0.2, 0) is 9.47 Å². The number of hydrogen-bond acceptors (Lipinski definition) is 8. The standard InChI is InChI=1S/C23H18N2O4S2/c26-22(18-14-30-20(24-18)16-8-3-1-4-9-16)28-12-7-13-29-23(27)19-15-31-21(25-19)17-10-5-2-6-11-17/h1-6,8-11,14-15H,7,12-13H2. The second kappa shape index (κ2) is 10.1. The molecule has 0 bridgehead atoms. The first-order valence-corrected chi connectivity index (χ1v) is 11.3. The molecule has 0 amide bonds. The van der Waals surface area contributed by atoms with Crippen LogP contribution in [0.3, 0.4) is 0 Å². The molecule has 156 valence electrons. The summed E-state index contributed by atoms with van der Waals surface area (Å²) in [6.07, 6.45) is 0.392. The van der Waals surface area contributed by atoms with Crippen LogP contribution < -0.4 is 0 Å². The Balaban J connectivity index is 1.20. The highest BCUT2D eigenvalue weighted by Crippen LogP contribution is 2.24. The van der Waals surface area contributed by atoms with Crippen molar-refractivity contribution in [1.82, 2.24) is 9.97 Å². The Morgan fingerprint density at radius 3 is 1.52 bits per heavy atom. The van der Waals surface area contributed by atoms with Crippen molar-refractivity contribution in [2.24, 2.45) is 0 Å². The molecule has 0 atom stereocenters. The van der Waals surface area contributed by atoms with Gasteiger partial charge in [-0.3, -0.25) is 0 Å². The van der Waals surface area contributed by atoms with Crippen molar-refractivity contribution >= 4 is 34.6 Å². The van der Waals surface area contributed by atoms with Crippen LogP contribution in [0.5, 0.6) is 0 Å². The van der Waals surface area contributed by atoms with Crippen LogP contribution in [0.4, 0.5) is 0 Å². The van der Waals surface area contributed by atoms with Crippen molar-refractivity contribution < 1.29 is 19.1 Å². The Kier molecular flexibility index (Phi) is 6.81. The molecule has 0 aliphatic carbocycles. The number of rotatable bonds is 8. The van der Waals surface area contributed by atoms with Crippen molar-refractivity contribution in [3.05, 3.63) is 82.8 Å². The predicted octanol–water partition coefficient (Wildman–Crippen LogP) is 5.34. The Labute approximate surface area is 187 Å². The van der Waals surface area contributed by atoms with Gasteiger partial charge in [0.05, 0.1) is 13.2 Å². The second-order valence-corrected chi connectivity index (χ2v) is 8.15. The lowest BCUT2D eigenvalue weighted by Gasteiger charge is -2.04. The molecule has 0 saturated heterocycles. The highest BCUT2D eigenvalue weighted by molar-refractivity contribution is 7.13. The Bertz CT molecular complexity index is 1060. The van der Waals surface area contributed by atoms with Gasteiger partial charge in [-0.25, -0.2) is 19.6 Å². The molecule has 4 aromatic rings. The van der Waals surface area contributed by atoms with E-state index in [1.54, 1.807) is 10.8 Å². The summed E-state index contributed by atoms with van der Waals surface area (Å²) in [4.78, 5) is 33.0. The van der Waals surface area contributed by atoms with Gasteiger partial charge in [0, 0.05) is 28.3 Å². The van der Waals surface area contributed by atoms with E-state index in [-0.39, 0.29) is 24.6 Å². The first kappa shape index (κ1) is 20.9. The molecule has 2 aromatic heterocycles. The van der Waals surface area contributed by atoms with Crippen molar-refractivity contribution in [1.29, 1.82) is 0 Å². The summed E-state index contributed by atoms with van der Waals surface area (Å²) < 4.78 is 10.5. The van der Waals surface area contributed by atoms with Crippen LogP contribution >= 0.6 is 22.7 Å². The van der Waals surface area contributed by atoms with Crippen LogP contribution in [0.25, 0.3) is 21.1 Å². The molecule has 0 aliphatic heterocycles. The highest BCUT2D eigenvalue weighted by Gasteiger charge is 2.15. The van der Waals surface area contributed by atoms with E-state index in [4.69, 9.17) is 9.47 Å². The number of carbonyl (C=O) groups is 2. The minimum atomic E-state index is -0.489. The summed E-state index contributed by atoms with van der Waals surface area (Å²) in [7, 11) is 0. The Morgan fingerprint density at radius 1 is 0.677 bits per heavy atom. The van der Waals surface area contributed by atoms with Crippen LogP contribution in [0.15, 0.2) is 71.4 Å². The number of thiazole rings is 2. The molecule has 31 heavy (non-hydrogen) atoms. The lowest BCUT2D eigenvalue weighted by atomic mass is 10.2. The van der Waals surface area contributed by atoms with Crippen molar-refractivity contribution in [3.8, 4) is 21.1 Å². The van der Waals surface area contributed by atoms with Crippen LogP contribution in [0.2, 0.25) is 0 Å². The maximum Gasteiger partial charge on any atom is 0.357 e. The zero-order valence-electron chi connectivity index (χ0n) is 16.4. The SMILES string of the molecule is O=C(OCCCOC(=O)c1csc(-c2ccccc2)n1)c1csc(-c2ccccc2)n1. The topological polar surface area (TPSA) is 78.4 Å². The molecule has 0 N–H and O–H groups in total. The van der Waals surface area contributed by atoms with E-state index < -0.39 is 11.9 Å². The molecule has 0 aliphatic rings. The van der Waals surface area contributed by atoms with Crippen LogP contribution in [-0.4, -0.2) is 35.1 Å². The Morgan fingerprint density at radius 2 is 1.10 bits per heavy atom. The molecular formula is C23H18N2O4S2. The van der Waals surface area contributed by atoms with Gasteiger partial charge >= 0.3 is 11.9 Å². The third kappa shape index (κ3) is 5.42. The number of carbonyl (C=O) groups excluding carboxylic acids is 2. The summed E-state index contributed by atoms with van der Waals surface area (Å²) in [5.74, 6) is -0.978. The molecule has 0 unspecified atom stereocenters. The highest BCUT2D eigenvalue weighted by atomic mass is 32.1.